The molecule has 1 aromatic carbocycles. The molecule has 1 unspecified atom stereocenters. The van der Waals surface area contributed by atoms with Gasteiger partial charge in [-0.25, -0.2) is 0 Å². The van der Waals surface area contributed by atoms with Crippen molar-refractivity contribution in [1.82, 2.24) is 4.57 Å². The predicted octanol–water partition coefficient (Wildman–Crippen LogP) is 3.19. The Labute approximate surface area is 103 Å². The number of aromatic nitrogens is 1. The predicted molar refractivity (Wildman–Crippen MR) is 74.3 cm³/mol. The molecule has 2 heteroatoms. The number of nitrogens with zero attached hydrogens (tertiary/aromatic N) is 1. The van der Waals surface area contributed by atoms with Crippen molar-refractivity contribution in [3.05, 3.63) is 35.5 Å². The van der Waals surface area contributed by atoms with Crippen molar-refractivity contribution in [3.8, 4) is 0 Å². The third kappa shape index (κ3) is 1.87. The van der Waals surface area contributed by atoms with Crippen LogP contribution in [0.5, 0.6) is 0 Å². The Morgan fingerprint density at radius 2 is 1.88 bits per heavy atom. The van der Waals surface area contributed by atoms with Crippen molar-refractivity contribution >= 4 is 10.9 Å². The Morgan fingerprint density at radius 3 is 2.41 bits per heavy atom. The van der Waals surface area contributed by atoms with Gasteiger partial charge in [-0.15, -0.1) is 0 Å². The minimum absolute atomic E-state index is 0.437. The highest BCUT2D eigenvalue weighted by atomic mass is 15.0. The summed E-state index contributed by atoms with van der Waals surface area (Å²) in [6.45, 7) is 7.41. The minimum Gasteiger partial charge on any atom is -0.347 e. The van der Waals surface area contributed by atoms with Crippen LogP contribution in [-0.4, -0.2) is 11.1 Å². The molecule has 0 saturated carbocycles. The molecule has 0 aliphatic carbocycles. The molecule has 0 radical (unpaired) electrons. The monoisotopic (exact) mass is 230 g/mol. The Kier molecular flexibility index (Phi) is 3.25. The van der Waals surface area contributed by atoms with Crippen LogP contribution < -0.4 is 5.73 Å². The summed E-state index contributed by atoms with van der Waals surface area (Å²) in [4.78, 5) is 0. The smallest absolute Gasteiger partial charge is 0.0482 e. The first-order valence-electron chi connectivity index (χ1n) is 6.31. The van der Waals surface area contributed by atoms with E-state index in [0.29, 0.717) is 18.4 Å². The van der Waals surface area contributed by atoms with E-state index in [1.165, 1.54) is 22.2 Å². The lowest BCUT2D eigenvalue weighted by atomic mass is 9.90. The van der Waals surface area contributed by atoms with Gasteiger partial charge in [-0.1, -0.05) is 32.0 Å². The van der Waals surface area contributed by atoms with E-state index in [-0.39, 0.29) is 0 Å². The quantitative estimate of drug-likeness (QED) is 0.862. The van der Waals surface area contributed by atoms with E-state index in [9.17, 15) is 0 Å². The molecule has 1 heterocycles. The summed E-state index contributed by atoms with van der Waals surface area (Å²) in [5.74, 6) is 1.01. The number of rotatable bonds is 3. The number of aryl methyl sites for hydroxylation is 2. The SMILES string of the molecule is Cc1c(C(CN)C(C)C)n(C)c2ccccc12. The van der Waals surface area contributed by atoms with Crippen LogP contribution in [0.1, 0.15) is 31.0 Å². The minimum atomic E-state index is 0.437. The molecule has 2 aromatic rings. The number of hydrogen-bond acceptors (Lipinski definition) is 1. The average Bonchev–Trinajstić information content (AvgIpc) is 2.56. The largest absolute Gasteiger partial charge is 0.347 e. The Hall–Kier alpha value is -1.28. The van der Waals surface area contributed by atoms with E-state index < -0.39 is 0 Å². The first-order chi connectivity index (χ1) is 8.07. The summed E-state index contributed by atoms with van der Waals surface area (Å²) in [6.07, 6.45) is 0. The van der Waals surface area contributed by atoms with Crippen LogP contribution in [0.15, 0.2) is 24.3 Å². The number of hydrogen-bond donors (Lipinski definition) is 1. The van der Waals surface area contributed by atoms with Gasteiger partial charge in [0, 0.05) is 36.1 Å². The van der Waals surface area contributed by atoms with E-state index in [1.54, 1.807) is 0 Å². The molecular weight excluding hydrogens is 208 g/mol. The van der Waals surface area contributed by atoms with Crippen molar-refractivity contribution < 1.29 is 0 Å². The van der Waals surface area contributed by atoms with Gasteiger partial charge in [-0.3, -0.25) is 0 Å². The fourth-order valence-corrected chi connectivity index (χ4v) is 2.83. The van der Waals surface area contributed by atoms with Gasteiger partial charge in [-0.2, -0.15) is 0 Å². The Bertz CT molecular complexity index is 484. The molecule has 17 heavy (non-hydrogen) atoms. The lowest BCUT2D eigenvalue weighted by molar-refractivity contribution is 0.483. The van der Waals surface area contributed by atoms with E-state index in [0.717, 1.165) is 0 Å². The highest BCUT2D eigenvalue weighted by Crippen LogP contribution is 2.32. The van der Waals surface area contributed by atoms with Gasteiger partial charge in [0.05, 0.1) is 0 Å². The average molecular weight is 230 g/mol. The van der Waals surface area contributed by atoms with Crippen LogP contribution in [-0.2, 0) is 7.05 Å². The fraction of sp³-hybridized carbons (Fsp3) is 0.467. The van der Waals surface area contributed by atoms with Gasteiger partial charge in [0.15, 0.2) is 0 Å². The van der Waals surface area contributed by atoms with Gasteiger partial charge >= 0.3 is 0 Å². The van der Waals surface area contributed by atoms with Gasteiger partial charge in [0.2, 0.25) is 0 Å². The van der Waals surface area contributed by atoms with Crippen molar-refractivity contribution in [2.24, 2.45) is 18.7 Å². The first-order valence-corrected chi connectivity index (χ1v) is 6.31. The third-order valence-corrected chi connectivity index (χ3v) is 3.82. The van der Waals surface area contributed by atoms with Gasteiger partial charge in [0.1, 0.15) is 0 Å². The van der Waals surface area contributed by atoms with Gasteiger partial charge in [-0.05, 0) is 24.5 Å². The first kappa shape index (κ1) is 12.2. The van der Waals surface area contributed by atoms with E-state index in [1.807, 2.05) is 0 Å². The number of benzene rings is 1. The van der Waals surface area contributed by atoms with Crippen LogP contribution in [0.2, 0.25) is 0 Å². The Balaban J connectivity index is 2.69. The van der Waals surface area contributed by atoms with Crippen LogP contribution in [0.25, 0.3) is 10.9 Å². The topological polar surface area (TPSA) is 30.9 Å². The number of fused-ring (bicyclic) bond motifs is 1. The van der Waals surface area contributed by atoms with Gasteiger partial charge < -0.3 is 10.3 Å². The van der Waals surface area contributed by atoms with Crippen LogP contribution in [0.4, 0.5) is 0 Å². The molecule has 1 atom stereocenters. The lowest BCUT2D eigenvalue weighted by Gasteiger charge is -2.21. The Morgan fingerprint density at radius 1 is 1.24 bits per heavy atom. The van der Waals surface area contributed by atoms with Crippen LogP contribution in [0, 0.1) is 12.8 Å². The summed E-state index contributed by atoms with van der Waals surface area (Å²) < 4.78 is 2.31. The summed E-state index contributed by atoms with van der Waals surface area (Å²) in [7, 11) is 2.15. The molecule has 2 N–H and O–H groups in total. The molecule has 2 nitrogen and oxygen atoms in total. The second kappa shape index (κ2) is 4.53. The highest BCUT2D eigenvalue weighted by Gasteiger charge is 2.21. The molecular formula is C15H22N2. The highest BCUT2D eigenvalue weighted by molar-refractivity contribution is 5.85. The zero-order valence-electron chi connectivity index (χ0n) is 11.2. The lowest BCUT2D eigenvalue weighted by Crippen LogP contribution is -2.21. The van der Waals surface area contributed by atoms with E-state index in [4.69, 9.17) is 5.73 Å². The second-order valence-electron chi connectivity index (χ2n) is 5.17. The van der Waals surface area contributed by atoms with E-state index >= 15 is 0 Å². The maximum Gasteiger partial charge on any atom is 0.0482 e. The van der Waals surface area contributed by atoms with Crippen molar-refractivity contribution in [3.63, 3.8) is 0 Å². The maximum absolute atomic E-state index is 5.95. The zero-order valence-corrected chi connectivity index (χ0v) is 11.2. The molecule has 0 bridgehead atoms. The molecule has 0 aliphatic heterocycles. The van der Waals surface area contributed by atoms with Crippen molar-refractivity contribution in [2.75, 3.05) is 6.54 Å². The molecule has 0 aliphatic rings. The summed E-state index contributed by atoms with van der Waals surface area (Å²) >= 11 is 0. The summed E-state index contributed by atoms with van der Waals surface area (Å²) in [5, 5.41) is 1.35. The normalized spacial score (nSPS) is 13.5. The van der Waals surface area contributed by atoms with Crippen LogP contribution in [0.3, 0.4) is 0 Å². The summed E-state index contributed by atoms with van der Waals surface area (Å²) in [5.41, 5.74) is 10.0. The van der Waals surface area contributed by atoms with Crippen LogP contribution >= 0.6 is 0 Å². The number of para-hydroxylation sites is 1. The zero-order chi connectivity index (χ0) is 12.6. The van der Waals surface area contributed by atoms with Crippen molar-refractivity contribution in [1.29, 1.82) is 0 Å². The standard InChI is InChI=1S/C15H22N2/c1-10(2)13(9-16)15-11(3)12-7-5-6-8-14(12)17(15)4/h5-8,10,13H,9,16H2,1-4H3. The molecule has 2 rings (SSSR count). The third-order valence-electron chi connectivity index (χ3n) is 3.82. The number of nitrogens with two attached hydrogens (primary N) is 1. The van der Waals surface area contributed by atoms with Gasteiger partial charge in [0.25, 0.3) is 0 Å². The van der Waals surface area contributed by atoms with E-state index in [2.05, 4.69) is 56.7 Å². The maximum atomic E-state index is 5.95. The molecule has 1 aromatic heterocycles. The second-order valence-corrected chi connectivity index (χ2v) is 5.17. The molecule has 0 spiro atoms. The molecule has 0 amide bonds. The molecule has 0 saturated heterocycles. The molecule has 0 fully saturated rings. The van der Waals surface area contributed by atoms with Crippen molar-refractivity contribution in [2.45, 2.75) is 26.7 Å². The fourth-order valence-electron chi connectivity index (χ4n) is 2.83. The molecule has 92 valence electrons. The summed E-state index contributed by atoms with van der Waals surface area (Å²) in [6, 6.07) is 8.58.